The standard InChI is InChI=1S/C15H19N3O3S/c19-15-11-16-14-10-12(6-7-13(14)17-15)22(20,21)18-8-4-2-1-3-5-9-18/h6-7,10-11H,1-5,8-9H2,(H,17,19). The van der Waals surface area contributed by atoms with E-state index in [9.17, 15) is 13.2 Å². The highest BCUT2D eigenvalue weighted by molar-refractivity contribution is 7.89. The maximum atomic E-state index is 12.8. The molecule has 6 nitrogen and oxygen atoms in total. The zero-order valence-electron chi connectivity index (χ0n) is 12.3. The Labute approximate surface area is 129 Å². The second-order valence-electron chi connectivity index (χ2n) is 5.60. The molecule has 0 amide bonds. The summed E-state index contributed by atoms with van der Waals surface area (Å²) in [6.07, 6.45) is 6.30. The Hall–Kier alpha value is -1.73. The molecule has 0 bridgehead atoms. The van der Waals surface area contributed by atoms with Gasteiger partial charge >= 0.3 is 0 Å². The van der Waals surface area contributed by atoms with E-state index in [2.05, 4.69) is 9.97 Å². The molecule has 3 rings (SSSR count). The van der Waals surface area contributed by atoms with Crippen molar-refractivity contribution in [2.45, 2.75) is 37.0 Å². The van der Waals surface area contributed by atoms with E-state index in [4.69, 9.17) is 0 Å². The molecular weight excluding hydrogens is 302 g/mol. The van der Waals surface area contributed by atoms with Crippen molar-refractivity contribution in [3.63, 3.8) is 0 Å². The average molecular weight is 321 g/mol. The van der Waals surface area contributed by atoms with Crippen LogP contribution in [-0.4, -0.2) is 35.8 Å². The molecule has 1 fully saturated rings. The van der Waals surface area contributed by atoms with Gasteiger partial charge in [-0.1, -0.05) is 19.3 Å². The Kier molecular flexibility index (Phi) is 4.26. The summed E-state index contributed by atoms with van der Waals surface area (Å²) in [7, 11) is -3.50. The van der Waals surface area contributed by atoms with E-state index < -0.39 is 10.0 Å². The molecule has 2 heterocycles. The third-order valence-corrected chi connectivity index (χ3v) is 5.90. The highest BCUT2D eigenvalue weighted by atomic mass is 32.2. The Morgan fingerprint density at radius 1 is 1.05 bits per heavy atom. The second-order valence-corrected chi connectivity index (χ2v) is 7.54. The van der Waals surface area contributed by atoms with Crippen LogP contribution in [0.5, 0.6) is 0 Å². The van der Waals surface area contributed by atoms with Gasteiger partial charge in [-0.3, -0.25) is 4.79 Å². The predicted octanol–water partition coefficient (Wildman–Crippen LogP) is 1.88. The molecular formula is C15H19N3O3S. The molecule has 1 N–H and O–H groups in total. The Morgan fingerprint density at radius 3 is 2.45 bits per heavy atom. The lowest BCUT2D eigenvalue weighted by Crippen LogP contribution is -2.33. The second kappa shape index (κ2) is 6.18. The molecule has 0 saturated carbocycles. The number of sulfonamides is 1. The molecule has 1 saturated heterocycles. The van der Waals surface area contributed by atoms with E-state index in [1.807, 2.05) is 0 Å². The minimum atomic E-state index is -3.50. The summed E-state index contributed by atoms with van der Waals surface area (Å²) in [5, 5.41) is 0. The van der Waals surface area contributed by atoms with Crippen molar-refractivity contribution in [1.82, 2.24) is 14.3 Å². The fraction of sp³-hybridized carbons (Fsp3) is 0.467. The summed E-state index contributed by atoms with van der Waals surface area (Å²) in [5.41, 5.74) is 0.721. The minimum absolute atomic E-state index is 0.236. The number of nitrogens with one attached hydrogen (secondary N) is 1. The van der Waals surface area contributed by atoms with Crippen molar-refractivity contribution in [3.05, 3.63) is 34.7 Å². The largest absolute Gasteiger partial charge is 0.319 e. The smallest absolute Gasteiger partial charge is 0.266 e. The fourth-order valence-electron chi connectivity index (χ4n) is 2.79. The van der Waals surface area contributed by atoms with E-state index in [-0.39, 0.29) is 10.5 Å². The van der Waals surface area contributed by atoms with E-state index in [0.29, 0.717) is 24.1 Å². The summed E-state index contributed by atoms with van der Waals surface area (Å²) in [5.74, 6) is 0. The molecule has 1 aliphatic heterocycles. The Morgan fingerprint density at radius 2 is 1.73 bits per heavy atom. The van der Waals surface area contributed by atoms with Gasteiger partial charge in [-0.2, -0.15) is 4.31 Å². The SMILES string of the molecule is O=c1cnc2cc(S(=O)(=O)N3CCCCCCC3)ccc2[nH]1. The van der Waals surface area contributed by atoms with Gasteiger partial charge in [-0.25, -0.2) is 13.4 Å². The van der Waals surface area contributed by atoms with Gasteiger partial charge in [0.1, 0.15) is 0 Å². The number of aromatic nitrogens is 2. The number of rotatable bonds is 2. The van der Waals surface area contributed by atoms with Crippen LogP contribution in [0.15, 0.2) is 34.1 Å². The van der Waals surface area contributed by atoms with Gasteiger partial charge in [0.25, 0.3) is 5.56 Å². The number of fused-ring (bicyclic) bond motifs is 1. The van der Waals surface area contributed by atoms with Crippen molar-refractivity contribution < 1.29 is 8.42 Å². The first-order valence-electron chi connectivity index (χ1n) is 7.57. The van der Waals surface area contributed by atoms with Crippen LogP contribution in [-0.2, 0) is 10.0 Å². The highest BCUT2D eigenvalue weighted by Crippen LogP contribution is 2.22. The highest BCUT2D eigenvalue weighted by Gasteiger charge is 2.24. The molecule has 1 aromatic heterocycles. The van der Waals surface area contributed by atoms with E-state index in [1.165, 1.54) is 18.6 Å². The van der Waals surface area contributed by atoms with Gasteiger partial charge in [0.05, 0.1) is 22.1 Å². The lowest BCUT2D eigenvalue weighted by Gasteiger charge is -2.24. The van der Waals surface area contributed by atoms with Crippen LogP contribution in [0, 0.1) is 0 Å². The Bertz CT molecular complexity index is 821. The van der Waals surface area contributed by atoms with Crippen molar-refractivity contribution in [1.29, 1.82) is 0 Å². The molecule has 118 valence electrons. The molecule has 0 spiro atoms. The van der Waals surface area contributed by atoms with Crippen molar-refractivity contribution in [3.8, 4) is 0 Å². The normalized spacial score (nSPS) is 18.0. The minimum Gasteiger partial charge on any atom is -0.319 e. The zero-order chi connectivity index (χ0) is 15.6. The van der Waals surface area contributed by atoms with Gasteiger partial charge in [0.15, 0.2) is 0 Å². The first-order chi connectivity index (χ1) is 10.6. The molecule has 2 aromatic rings. The van der Waals surface area contributed by atoms with Crippen LogP contribution in [0.25, 0.3) is 11.0 Å². The van der Waals surface area contributed by atoms with Crippen LogP contribution in [0.1, 0.15) is 32.1 Å². The van der Waals surface area contributed by atoms with Crippen LogP contribution < -0.4 is 5.56 Å². The number of nitrogens with zero attached hydrogens (tertiary/aromatic N) is 2. The quantitative estimate of drug-likeness (QED) is 0.915. The third kappa shape index (κ3) is 3.05. The summed E-state index contributed by atoms with van der Waals surface area (Å²) in [6, 6.07) is 4.66. The van der Waals surface area contributed by atoms with E-state index in [1.54, 1.807) is 10.4 Å². The van der Waals surface area contributed by atoms with Crippen LogP contribution in [0.2, 0.25) is 0 Å². The van der Waals surface area contributed by atoms with Gasteiger partial charge < -0.3 is 4.98 Å². The zero-order valence-corrected chi connectivity index (χ0v) is 13.1. The van der Waals surface area contributed by atoms with Crippen LogP contribution in [0.4, 0.5) is 0 Å². The van der Waals surface area contributed by atoms with E-state index in [0.717, 1.165) is 31.9 Å². The predicted molar refractivity (Wildman–Crippen MR) is 84.2 cm³/mol. The van der Waals surface area contributed by atoms with E-state index >= 15 is 0 Å². The maximum absolute atomic E-state index is 12.8. The monoisotopic (exact) mass is 321 g/mol. The summed E-state index contributed by atoms with van der Waals surface area (Å²) in [6.45, 7) is 1.14. The number of aromatic amines is 1. The summed E-state index contributed by atoms with van der Waals surface area (Å²) in [4.78, 5) is 18.1. The first kappa shape index (κ1) is 15.2. The molecule has 7 heteroatoms. The number of H-pyrrole nitrogens is 1. The molecule has 0 unspecified atom stereocenters. The third-order valence-electron chi connectivity index (χ3n) is 4.00. The molecule has 22 heavy (non-hydrogen) atoms. The van der Waals surface area contributed by atoms with Gasteiger partial charge in [-0.05, 0) is 31.0 Å². The van der Waals surface area contributed by atoms with Crippen LogP contribution >= 0.6 is 0 Å². The lowest BCUT2D eigenvalue weighted by atomic mass is 10.1. The number of hydrogen-bond acceptors (Lipinski definition) is 4. The van der Waals surface area contributed by atoms with Crippen molar-refractivity contribution in [2.24, 2.45) is 0 Å². The molecule has 0 aliphatic carbocycles. The van der Waals surface area contributed by atoms with Crippen molar-refractivity contribution in [2.75, 3.05) is 13.1 Å². The molecule has 1 aromatic carbocycles. The molecule has 0 atom stereocenters. The first-order valence-corrected chi connectivity index (χ1v) is 9.01. The van der Waals surface area contributed by atoms with Gasteiger partial charge in [0, 0.05) is 13.1 Å². The lowest BCUT2D eigenvalue weighted by molar-refractivity contribution is 0.364. The Balaban J connectivity index is 1.96. The van der Waals surface area contributed by atoms with Gasteiger partial charge in [0.2, 0.25) is 10.0 Å². The van der Waals surface area contributed by atoms with Crippen molar-refractivity contribution >= 4 is 21.1 Å². The number of benzene rings is 1. The summed E-state index contributed by atoms with van der Waals surface area (Å²) >= 11 is 0. The van der Waals surface area contributed by atoms with Crippen LogP contribution in [0.3, 0.4) is 0 Å². The fourth-order valence-corrected chi connectivity index (χ4v) is 4.32. The average Bonchev–Trinajstić information content (AvgIpc) is 2.45. The number of hydrogen-bond donors (Lipinski definition) is 1. The van der Waals surface area contributed by atoms with Gasteiger partial charge in [-0.15, -0.1) is 0 Å². The topological polar surface area (TPSA) is 83.1 Å². The summed E-state index contributed by atoms with van der Waals surface area (Å²) < 4.78 is 27.1. The molecule has 1 aliphatic rings. The maximum Gasteiger partial charge on any atom is 0.266 e. The molecule has 0 radical (unpaired) electrons.